The molecule has 2 aromatic rings. The summed E-state index contributed by atoms with van der Waals surface area (Å²) in [5.74, 6) is 0.240. The van der Waals surface area contributed by atoms with Crippen molar-refractivity contribution in [2.45, 2.75) is 19.3 Å². The largest absolute Gasteiger partial charge is 0.368 e. The molecule has 0 unspecified atom stereocenters. The van der Waals surface area contributed by atoms with Crippen LogP contribution in [0.25, 0.3) is 16.9 Å². The summed E-state index contributed by atoms with van der Waals surface area (Å²) in [5, 5.41) is 0.419. The lowest BCUT2D eigenvalue weighted by Crippen LogP contribution is -1.99. The molecule has 2 aromatic heterocycles. The number of nitrogens with two attached hydrogens (primary N) is 1. The molecule has 0 amide bonds. The number of rotatable bonds is 1. The molecule has 2 heterocycles. The highest BCUT2D eigenvalue weighted by Gasteiger charge is 2.16. The molecule has 5 nitrogen and oxygen atoms in total. The van der Waals surface area contributed by atoms with E-state index in [1.807, 2.05) is 4.57 Å². The average molecular weight is 236 g/mol. The highest BCUT2D eigenvalue weighted by Crippen LogP contribution is 2.29. The molecule has 0 fully saturated rings. The summed E-state index contributed by atoms with van der Waals surface area (Å²) in [6.45, 7) is 0. The third-order valence-electron chi connectivity index (χ3n) is 2.68. The first-order valence-electron chi connectivity index (χ1n) is 5.11. The van der Waals surface area contributed by atoms with Gasteiger partial charge in [0.1, 0.15) is 5.52 Å². The van der Waals surface area contributed by atoms with E-state index in [-0.39, 0.29) is 5.95 Å². The molecule has 0 saturated carbocycles. The number of allylic oxidation sites excluding steroid dienone is 2. The zero-order chi connectivity index (χ0) is 11.1. The van der Waals surface area contributed by atoms with Gasteiger partial charge in [0.15, 0.2) is 5.65 Å². The van der Waals surface area contributed by atoms with E-state index >= 15 is 0 Å². The zero-order valence-corrected chi connectivity index (χ0v) is 9.28. The Morgan fingerprint density at radius 2 is 2.25 bits per heavy atom. The summed E-state index contributed by atoms with van der Waals surface area (Å²) < 4.78 is 1.85. The number of halogens is 1. The van der Waals surface area contributed by atoms with Crippen LogP contribution >= 0.6 is 11.6 Å². The molecular weight excluding hydrogens is 226 g/mol. The standard InChI is InChI=1S/C10H10ClN5/c11-9-14-7-5-13-10(12)15-8(7)16(9)6-3-1-2-4-6/h3,5H,1-2,4H2,(H2,12,13,15). The van der Waals surface area contributed by atoms with Crippen LogP contribution in [0.2, 0.25) is 5.28 Å². The summed E-state index contributed by atoms with van der Waals surface area (Å²) >= 11 is 6.10. The quantitative estimate of drug-likeness (QED) is 0.769. The van der Waals surface area contributed by atoms with Gasteiger partial charge in [-0.05, 0) is 30.9 Å². The minimum atomic E-state index is 0.240. The van der Waals surface area contributed by atoms with Crippen molar-refractivity contribution < 1.29 is 0 Å². The number of fused-ring (bicyclic) bond motifs is 1. The first-order chi connectivity index (χ1) is 7.75. The van der Waals surface area contributed by atoms with Crippen LogP contribution in [0.5, 0.6) is 0 Å². The highest BCUT2D eigenvalue weighted by atomic mass is 35.5. The summed E-state index contributed by atoms with van der Waals surface area (Å²) in [7, 11) is 0. The van der Waals surface area contributed by atoms with Gasteiger partial charge in [0.2, 0.25) is 11.2 Å². The Morgan fingerprint density at radius 1 is 1.38 bits per heavy atom. The molecule has 0 bridgehead atoms. The maximum absolute atomic E-state index is 6.10. The maximum atomic E-state index is 6.10. The van der Waals surface area contributed by atoms with Crippen molar-refractivity contribution >= 4 is 34.4 Å². The molecule has 6 heteroatoms. The van der Waals surface area contributed by atoms with E-state index in [0.717, 1.165) is 25.0 Å². The van der Waals surface area contributed by atoms with E-state index < -0.39 is 0 Å². The first-order valence-corrected chi connectivity index (χ1v) is 5.49. The van der Waals surface area contributed by atoms with Crippen molar-refractivity contribution in [2.75, 3.05) is 5.73 Å². The molecule has 0 aliphatic heterocycles. The van der Waals surface area contributed by atoms with Crippen molar-refractivity contribution in [3.8, 4) is 0 Å². The van der Waals surface area contributed by atoms with Crippen LogP contribution in [0.1, 0.15) is 19.3 Å². The zero-order valence-electron chi connectivity index (χ0n) is 8.52. The summed E-state index contributed by atoms with van der Waals surface area (Å²) in [6.07, 6.45) is 6.97. The van der Waals surface area contributed by atoms with Crippen molar-refractivity contribution in [1.29, 1.82) is 0 Å². The van der Waals surface area contributed by atoms with Gasteiger partial charge in [-0.2, -0.15) is 4.98 Å². The number of nitrogen functional groups attached to an aromatic ring is 1. The van der Waals surface area contributed by atoms with Gasteiger partial charge in [-0.1, -0.05) is 6.08 Å². The van der Waals surface area contributed by atoms with Gasteiger partial charge in [0, 0.05) is 5.70 Å². The predicted molar refractivity (Wildman–Crippen MR) is 62.9 cm³/mol. The molecule has 0 atom stereocenters. The van der Waals surface area contributed by atoms with Gasteiger partial charge in [-0.25, -0.2) is 9.97 Å². The van der Waals surface area contributed by atoms with E-state index in [0.29, 0.717) is 16.4 Å². The highest BCUT2D eigenvalue weighted by molar-refractivity contribution is 6.29. The monoisotopic (exact) mass is 235 g/mol. The number of hydrogen-bond donors (Lipinski definition) is 1. The molecule has 16 heavy (non-hydrogen) atoms. The molecule has 82 valence electrons. The molecule has 3 rings (SSSR count). The summed E-state index contributed by atoms with van der Waals surface area (Å²) in [6, 6.07) is 0. The summed E-state index contributed by atoms with van der Waals surface area (Å²) in [5.41, 5.74) is 8.08. The smallest absolute Gasteiger partial charge is 0.222 e. The van der Waals surface area contributed by atoms with Crippen LogP contribution < -0.4 is 5.73 Å². The fraction of sp³-hybridized carbons (Fsp3) is 0.300. The molecular formula is C10H10ClN5. The van der Waals surface area contributed by atoms with Crippen LogP contribution in [-0.2, 0) is 0 Å². The van der Waals surface area contributed by atoms with Gasteiger partial charge in [0.25, 0.3) is 0 Å². The number of aromatic nitrogens is 4. The maximum Gasteiger partial charge on any atom is 0.222 e. The number of hydrogen-bond acceptors (Lipinski definition) is 4. The molecule has 0 saturated heterocycles. The lowest BCUT2D eigenvalue weighted by molar-refractivity contribution is 0.907. The fourth-order valence-corrected chi connectivity index (χ4v) is 2.25. The van der Waals surface area contributed by atoms with Crippen molar-refractivity contribution in [2.24, 2.45) is 0 Å². The second-order valence-corrected chi connectivity index (χ2v) is 4.08. The van der Waals surface area contributed by atoms with E-state index in [2.05, 4.69) is 21.0 Å². The van der Waals surface area contributed by atoms with E-state index in [4.69, 9.17) is 17.3 Å². The third kappa shape index (κ3) is 1.36. The lowest BCUT2D eigenvalue weighted by atomic mass is 10.3. The topological polar surface area (TPSA) is 69.6 Å². The molecule has 0 spiro atoms. The SMILES string of the molecule is Nc1ncc2nc(Cl)n(C3=CCCC3)c2n1. The Morgan fingerprint density at radius 3 is 3.00 bits per heavy atom. The Hall–Kier alpha value is -1.62. The van der Waals surface area contributed by atoms with Gasteiger partial charge in [-0.3, -0.25) is 4.57 Å². The second-order valence-electron chi connectivity index (χ2n) is 3.74. The normalized spacial score (nSPS) is 15.7. The van der Waals surface area contributed by atoms with Crippen molar-refractivity contribution in [1.82, 2.24) is 19.5 Å². The van der Waals surface area contributed by atoms with Crippen LogP contribution in [0.15, 0.2) is 12.3 Å². The van der Waals surface area contributed by atoms with Crippen LogP contribution in [0.4, 0.5) is 5.95 Å². The molecule has 1 aliphatic rings. The number of anilines is 1. The Kier molecular flexibility index (Phi) is 2.07. The van der Waals surface area contributed by atoms with E-state index in [1.54, 1.807) is 6.20 Å². The van der Waals surface area contributed by atoms with Crippen LogP contribution in [0, 0.1) is 0 Å². The van der Waals surface area contributed by atoms with Crippen molar-refractivity contribution in [3.63, 3.8) is 0 Å². The summed E-state index contributed by atoms with van der Waals surface area (Å²) in [4.78, 5) is 12.3. The van der Waals surface area contributed by atoms with Crippen LogP contribution in [-0.4, -0.2) is 19.5 Å². The second kappa shape index (κ2) is 3.45. The van der Waals surface area contributed by atoms with Crippen molar-refractivity contribution in [3.05, 3.63) is 17.6 Å². The minimum Gasteiger partial charge on any atom is -0.368 e. The fourth-order valence-electron chi connectivity index (χ4n) is 1.97. The molecule has 0 radical (unpaired) electrons. The number of imidazole rings is 1. The lowest BCUT2D eigenvalue weighted by Gasteiger charge is -2.05. The minimum absolute atomic E-state index is 0.240. The first kappa shape index (κ1) is 9.59. The molecule has 2 N–H and O–H groups in total. The predicted octanol–water partition coefficient (Wildman–Crippen LogP) is 2.09. The molecule has 0 aromatic carbocycles. The third-order valence-corrected chi connectivity index (χ3v) is 2.94. The van der Waals surface area contributed by atoms with Gasteiger partial charge >= 0.3 is 0 Å². The molecule has 1 aliphatic carbocycles. The van der Waals surface area contributed by atoms with Gasteiger partial charge in [-0.15, -0.1) is 0 Å². The Balaban J connectivity index is 2.29. The van der Waals surface area contributed by atoms with E-state index in [9.17, 15) is 0 Å². The Labute approximate surface area is 97.0 Å². The van der Waals surface area contributed by atoms with E-state index in [1.165, 1.54) is 0 Å². The van der Waals surface area contributed by atoms with Gasteiger partial charge in [0.05, 0.1) is 6.20 Å². The van der Waals surface area contributed by atoms with Crippen LogP contribution in [0.3, 0.4) is 0 Å². The Bertz CT molecular complexity index is 586. The average Bonchev–Trinajstić information content (AvgIpc) is 2.83. The number of nitrogens with zero attached hydrogens (tertiary/aromatic N) is 4. The van der Waals surface area contributed by atoms with Gasteiger partial charge < -0.3 is 5.73 Å².